The molecule has 147 heavy (non-hydrogen) atoms. The van der Waals surface area contributed by atoms with Crippen molar-refractivity contribution in [3.8, 4) is 11.5 Å². The largest absolute Gasteiger partial charge is 0.454 e. The Balaban J connectivity index is 0.000000121. The molecule has 5 unspecified atom stereocenters. The number of carbonyl (C=O) groups is 7. The standard InChI is InChI=1S/C19H19N5OS.C17H23N5O2S2.C17H21N5O2S.C17H18N4O3S2.C15H12N4O3S.C15H14N4OS/c1-9-6-13-7-12(4-5-14(13)22-9)8-21-18(25)17-16(20)15-10(2)11(3)23-24-19(15)26-17;1-9-10(2)19-20-16-13(9)14(18)15(25-16)17(23)21-5-11-7-22(26(3,4)24)8-12(11)6-21;1-8-9(2)19-20-16-13(8)14(18)15(25-16)17(24)22-6-11-4-21(10(3)23)5-12(11)7-22;1-9-10(2)20-21-17-13(9)14(18)15(25-17)16(22)19-8-11-4-6-12(7-5-11)26(3,23)24;16-12-9-3-4-18-19-15(9)23-13(12)14(20)17-6-8-1-2-10-11(5-8)22-7-21-10;1-9-3-2-4-10(7-9)8-17-14(20)13-12(16)11-5-6-18-19-15(11)21-13/h4-5,7,22H,1,6,8,20H2,2-3H3,(H,21,25);11-12H,3,5-8,18H2,1-2,4H3;11-12H,4-7,18H2,1-3H3;4-7H,8,18H2,1-3H3,(H,19,22);1-5H,6-7,16H2,(H,17,20);2-7H,8,16H2,1H3,(H,17,20). The highest BCUT2D eigenvalue weighted by molar-refractivity contribution is 7.97. The molecule has 762 valence electrons. The van der Waals surface area contributed by atoms with E-state index in [1.165, 1.54) is 91.3 Å². The van der Waals surface area contributed by atoms with Crippen molar-refractivity contribution in [2.24, 2.45) is 23.7 Å². The number of hydrogen-bond acceptors (Lipinski definition) is 37. The lowest BCUT2D eigenvalue weighted by atomic mass is 10.0. The summed E-state index contributed by atoms with van der Waals surface area (Å²) in [5.41, 5.74) is 55.2. The topological polar surface area (TPSA) is 573 Å². The second-order valence-corrected chi connectivity index (χ2v) is 47.3. The molecule has 22 rings (SSSR count). The predicted octanol–water partition coefficient (Wildman–Crippen LogP) is 12.6. The van der Waals surface area contributed by atoms with E-state index in [-0.39, 0.29) is 59.6 Å². The van der Waals surface area contributed by atoms with E-state index < -0.39 is 19.5 Å². The Morgan fingerprint density at radius 2 is 0.776 bits per heavy atom. The minimum absolute atomic E-state index is 0.0265. The monoisotopic (exact) mass is 2130 g/mol. The first kappa shape index (κ1) is 104. The van der Waals surface area contributed by atoms with E-state index in [2.05, 4.69) is 106 Å². The molecule has 4 aromatic carbocycles. The summed E-state index contributed by atoms with van der Waals surface area (Å²) in [4.78, 5) is 100. The summed E-state index contributed by atoms with van der Waals surface area (Å²) in [5, 5.41) is 68.2. The van der Waals surface area contributed by atoms with Crippen molar-refractivity contribution < 1.29 is 55.7 Å². The normalized spacial score (nSPS) is 16.2. The molecule has 7 amide bonds. The second kappa shape index (κ2) is 42.8. The fourth-order valence-electron chi connectivity index (χ4n) is 18.1. The number of nitrogen functional groups attached to an aromatic ring is 6. The van der Waals surface area contributed by atoms with Crippen LogP contribution in [0.25, 0.3) is 61.3 Å². The van der Waals surface area contributed by atoms with Crippen LogP contribution in [0.3, 0.4) is 0 Å². The Bertz CT molecular complexity index is 8220. The first-order valence-corrected chi connectivity index (χ1v) is 55.3. The van der Waals surface area contributed by atoms with Gasteiger partial charge in [0.15, 0.2) is 21.3 Å². The summed E-state index contributed by atoms with van der Waals surface area (Å²) in [5.74, 6) is 5.77. The number of carbonyl (C=O) groups excluding carboxylic acids is 7. The number of amides is 7. The number of nitrogens with two attached hydrogens (primary N) is 6. The molecule has 47 heteroatoms. The van der Waals surface area contributed by atoms with E-state index in [1.54, 1.807) is 49.8 Å². The van der Waals surface area contributed by atoms with Gasteiger partial charge in [0.25, 0.3) is 35.4 Å². The van der Waals surface area contributed by atoms with Crippen LogP contribution in [0.1, 0.15) is 143 Å². The van der Waals surface area contributed by atoms with Crippen LogP contribution in [0.15, 0.2) is 127 Å². The molecule has 0 aliphatic carbocycles. The minimum Gasteiger partial charge on any atom is -0.454 e. The summed E-state index contributed by atoms with van der Waals surface area (Å²) >= 11 is 7.61. The Labute approximate surface area is 869 Å². The highest BCUT2D eigenvalue weighted by Crippen LogP contribution is 2.44. The summed E-state index contributed by atoms with van der Waals surface area (Å²) in [6.45, 7) is 30.3. The van der Waals surface area contributed by atoms with Crippen LogP contribution in [0.4, 0.5) is 39.8 Å². The number of anilines is 7. The number of nitrogens with zero attached hydrogens (tertiary/aromatic N) is 16. The molecule has 0 radical (unpaired) electrons. The first-order chi connectivity index (χ1) is 70.0. The van der Waals surface area contributed by atoms with Crippen LogP contribution >= 0.6 is 68.0 Å². The summed E-state index contributed by atoms with van der Waals surface area (Å²) < 4.78 is 47.7. The number of ether oxygens (including phenoxy) is 2. The number of nitrogens with one attached hydrogen (secondary N) is 5. The van der Waals surface area contributed by atoms with E-state index in [0.29, 0.717) is 173 Å². The average Bonchev–Trinajstić information content (AvgIpc) is 1.60. The van der Waals surface area contributed by atoms with Crippen molar-refractivity contribution >= 4 is 236 Å². The maximum absolute atomic E-state index is 13.1. The molecule has 39 nitrogen and oxygen atoms in total. The second-order valence-electron chi connectivity index (χ2n) is 36.8. The molecular weight excluding hydrogens is 2030 g/mol. The van der Waals surface area contributed by atoms with Gasteiger partial charge in [-0.2, -0.15) is 30.6 Å². The number of aryl methyl sites for hydroxylation is 9. The number of likely N-dealkylation sites (tertiary alicyclic amines) is 3. The van der Waals surface area contributed by atoms with Gasteiger partial charge in [-0.3, -0.25) is 37.8 Å². The number of thiophene rings is 6. The van der Waals surface area contributed by atoms with E-state index in [1.807, 2.05) is 136 Å². The van der Waals surface area contributed by atoms with Gasteiger partial charge in [-0.05, 0) is 173 Å². The van der Waals surface area contributed by atoms with Crippen LogP contribution in [0.2, 0.25) is 0 Å². The average molecular weight is 2140 g/mol. The summed E-state index contributed by atoms with van der Waals surface area (Å²) in [6, 6.07) is 29.6. The van der Waals surface area contributed by atoms with Crippen LogP contribution in [0.5, 0.6) is 11.5 Å². The highest BCUT2D eigenvalue weighted by atomic mass is 32.2. The van der Waals surface area contributed by atoms with E-state index in [0.717, 1.165) is 150 Å². The van der Waals surface area contributed by atoms with Gasteiger partial charge in [-0.25, -0.2) is 12.7 Å². The molecule has 0 saturated carbocycles. The lowest BCUT2D eigenvalue weighted by molar-refractivity contribution is -0.128. The third-order valence-electron chi connectivity index (χ3n) is 26.7. The van der Waals surface area contributed by atoms with Crippen molar-refractivity contribution in [2.75, 3.05) is 111 Å². The molecule has 16 aromatic rings. The predicted molar refractivity (Wildman–Crippen MR) is 581 cm³/mol. The molecule has 6 aliphatic heterocycles. The number of fused-ring (bicyclic) bond motifs is 10. The van der Waals surface area contributed by atoms with E-state index in [4.69, 9.17) is 43.9 Å². The van der Waals surface area contributed by atoms with Crippen molar-refractivity contribution in [1.29, 1.82) is 0 Å². The molecular formula is C100H107N27O12S8. The van der Waals surface area contributed by atoms with Gasteiger partial charge in [-0.1, -0.05) is 66.7 Å². The number of sulfone groups is 1. The number of rotatable bonds is 16. The van der Waals surface area contributed by atoms with Crippen LogP contribution < -0.4 is 70.5 Å². The lowest BCUT2D eigenvalue weighted by Gasteiger charge is -2.22. The molecule has 0 bridgehead atoms. The first-order valence-electron chi connectivity index (χ1n) is 46.4. The van der Waals surface area contributed by atoms with E-state index >= 15 is 0 Å². The Kier molecular flexibility index (Phi) is 30.2. The van der Waals surface area contributed by atoms with Crippen molar-refractivity contribution in [3.05, 3.63) is 229 Å². The zero-order valence-electron chi connectivity index (χ0n) is 82.3. The number of benzene rings is 4. The summed E-state index contributed by atoms with van der Waals surface area (Å²) in [7, 11) is -5.41. The third-order valence-corrected chi connectivity index (χ3v) is 35.7. The van der Waals surface area contributed by atoms with Gasteiger partial charge in [-0.15, -0.1) is 98.6 Å². The van der Waals surface area contributed by atoms with Gasteiger partial charge in [0.2, 0.25) is 12.7 Å². The fourth-order valence-corrected chi connectivity index (χ4v) is 25.8. The molecule has 6 aliphatic rings. The Morgan fingerprint density at radius 1 is 0.415 bits per heavy atom. The lowest BCUT2D eigenvalue weighted by Crippen LogP contribution is -2.35. The fraction of sp³-hybridized carbons (Fsp3) is 0.300. The van der Waals surface area contributed by atoms with Crippen molar-refractivity contribution in [3.63, 3.8) is 0 Å². The van der Waals surface area contributed by atoms with E-state index in [9.17, 15) is 46.2 Å². The number of aromatic nitrogens is 12. The van der Waals surface area contributed by atoms with Crippen molar-refractivity contribution in [1.82, 2.24) is 101 Å². The van der Waals surface area contributed by atoms with Gasteiger partial charge in [0.1, 0.15) is 58.2 Å². The van der Waals surface area contributed by atoms with Gasteiger partial charge in [0, 0.05) is 170 Å². The molecule has 4 fully saturated rings. The molecule has 18 heterocycles. The molecule has 12 aromatic heterocycles. The SMILES string of the molecule is C=C1Cc2cc(CNC(=O)c3sc4nnc(C)c(C)c4c3N)ccc2N1.C=S(C)(=O)N1CC2CN(C(=O)c3sc4nnc(C)c(C)c4c3N)CC2C1.CC(=O)N1CC2CN(C(=O)c3sc4nnc(C)c(C)c4c3N)CC2C1.Cc1cccc(CNC(=O)c2sc3nnccc3c2N)c1.Cc1nnc2sc(C(=O)NCc3ccc(S(C)(=O)=O)cc3)c(N)c2c1C.Nc1c(C(=O)NCc2ccc3c(c2)OCO3)sc2nnccc12. The quantitative estimate of drug-likeness (QED) is 0.0400. The zero-order chi connectivity index (χ0) is 105. The molecule has 5 atom stereocenters. The maximum atomic E-state index is 13.1. The molecule has 17 N–H and O–H groups in total. The number of hydrogen-bond donors (Lipinski definition) is 11. The minimum atomic E-state index is -3.24. The Hall–Kier alpha value is -14.7. The van der Waals surface area contributed by atoms with Gasteiger partial charge < -0.3 is 85.2 Å². The number of allylic oxidation sites excluding steroid dienone is 1. The van der Waals surface area contributed by atoms with Crippen LogP contribution in [-0.2, 0) is 56.9 Å². The van der Waals surface area contributed by atoms with Crippen molar-refractivity contribution in [2.45, 2.75) is 107 Å². The Morgan fingerprint density at radius 3 is 1.18 bits per heavy atom. The third kappa shape index (κ3) is 22.1. The van der Waals surface area contributed by atoms with Gasteiger partial charge in [0.05, 0.1) is 74.2 Å². The summed E-state index contributed by atoms with van der Waals surface area (Å²) in [6.07, 6.45) is 6.78. The zero-order valence-corrected chi connectivity index (χ0v) is 88.8. The smallest absolute Gasteiger partial charge is 0.266 e. The molecule has 4 saturated heterocycles. The highest BCUT2D eigenvalue weighted by Gasteiger charge is 2.46. The van der Waals surface area contributed by atoms with Crippen LogP contribution in [0, 0.1) is 86.0 Å². The van der Waals surface area contributed by atoms with Crippen LogP contribution in [-0.4, -0.2) is 212 Å². The molecule has 0 spiro atoms. The van der Waals surface area contributed by atoms with Gasteiger partial charge >= 0.3 is 0 Å². The maximum Gasteiger partial charge on any atom is 0.266 e.